The van der Waals surface area contributed by atoms with Gasteiger partial charge in [0.2, 0.25) is 0 Å². The number of hydrogen-bond acceptors (Lipinski definition) is 6. The molecule has 8 heteroatoms. The van der Waals surface area contributed by atoms with Crippen molar-refractivity contribution in [2.75, 3.05) is 26.6 Å². The second-order valence-corrected chi connectivity index (χ2v) is 7.49. The van der Waals surface area contributed by atoms with Crippen LogP contribution in [0, 0.1) is 5.82 Å². The first-order valence-electron chi connectivity index (χ1n) is 10.4. The molecule has 0 fully saturated rings. The van der Waals surface area contributed by atoms with E-state index in [2.05, 4.69) is 5.32 Å². The standard InChI is InChI=1S/C26H23FN2O5/c1-32-19-10-4-16(5-11-19)15-29-25(30)23(17-6-8-18(27)9-7-17)24(26(29)31)28-21-14-20(33-2)12-13-22(21)34-3/h4-14,28H,15H2,1-3H3. The molecule has 3 aromatic rings. The summed E-state index contributed by atoms with van der Waals surface area (Å²) in [5.41, 5.74) is 1.83. The summed E-state index contributed by atoms with van der Waals surface area (Å²) < 4.78 is 29.4. The molecule has 0 saturated carbocycles. The number of methoxy groups -OCH3 is 3. The predicted molar refractivity (Wildman–Crippen MR) is 125 cm³/mol. The Morgan fingerprint density at radius 2 is 1.44 bits per heavy atom. The minimum atomic E-state index is -0.509. The topological polar surface area (TPSA) is 77.1 Å². The molecule has 174 valence electrons. The lowest BCUT2D eigenvalue weighted by molar-refractivity contribution is -0.137. The Labute approximate surface area is 196 Å². The van der Waals surface area contributed by atoms with Crippen molar-refractivity contribution in [1.29, 1.82) is 0 Å². The molecule has 0 unspecified atom stereocenters. The average Bonchev–Trinajstić information content (AvgIpc) is 3.09. The van der Waals surface area contributed by atoms with E-state index in [1.54, 1.807) is 49.6 Å². The zero-order valence-electron chi connectivity index (χ0n) is 18.9. The van der Waals surface area contributed by atoms with E-state index < -0.39 is 17.6 Å². The number of anilines is 1. The third-order valence-electron chi connectivity index (χ3n) is 5.47. The number of nitrogens with one attached hydrogen (secondary N) is 1. The summed E-state index contributed by atoms with van der Waals surface area (Å²) in [5.74, 6) is 0.224. The molecule has 1 N–H and O–H groups in total. The number of benzene rings is 3. The zero-order valence-corrected chi connectivity index (χ0v) is 18.9. The van der Waals surface area contributed by atoms with E-state index in [0.29, 0.717) is 28.5 Å². The number of imide groups is 1. The number of carbonyl (C=O) groups is 2. The largest absolute Gasteiger partial charge is 0.497 e. The number of amides is 2. The molecule has 4 rings (SSSR count). The molecule has 0 bridgehead atoms. The van der Waals surface area contributed by atoms with Gasteiger partial charge in [-0.2, -0.15) is 0 Å². The van der Waals surface area contributed by atoms with Gasteiger partial charge in [-0.05, 0) is 47.5 Å². The van der Waals surface area contributed by atoms with E-state index in [9.17, 15) is 14.0 Å². The molecule has 0 atom stereocenters. The van der Waals surface area contributed by atoms with Gasteiger partial charge in [-0.25, -0.2) is 4.39 Å². The van der Waals surface area contributed by atoms with Gasteiger partial charge in [-0.15, -0.1) is 0 Å². The molecular formula is C26H23FN2O5. The van der Waals surface area contributed by atoms with Crippen LogP contribution in [-0.4, -0.2) is 38.0 Å². The highest BCUT2D eigenvalue weighted by atomic mass is 19.1. The maximum absolute atomic E-state index is 13.6. The van der Waals surface area contributed by atoms with E-state index in [0.717, 1.165) is 10.5 Å². The average molecular weight is 462 g/mol. The number of rotatable bonds is 8. The first-order valence-corrected chi connectivity index (χ1v) is 10.4. The fourth-order valence-electron chi connectivity index (χ4n) is 3.68. The van der Waals surface area contributed by atoms with Crippen LogP contribution in [0.2, 0.25) is 0 Å². The summed E-state index contributed by atoms with van der Waals surface area (Å²) in [7, 11) is 4.59. The van der Waals surface area contributed by atoms with E-state index in [-0.39, 0.29) is 17.8 Å². The van der Waals surface area contributed by atoms with Crippen LogP contribution in [0.25, 0.3) is 5.57 Å². The third-order valence-corrected chi connectivity index (χ3v) is 5.47. The molecule has 34 heavy (non-hydrogen) atoms. The van der Waals surface area contributed by atoms with Crippen LogP contribution in [0.3, 0.4) is 0 Å². The van der Waals surface area contributed by atoms with Crippen LogP contribution < -0.4 is 19.5 Å². The number of carbonyl (C=O) groups excluding carboxylic acids is 2. The molecule has 1 heterocycles. The lowest BCUT2D eigenvalue weighted by atomic mass is 10.0. The molecule has 2 amide bonds. The van der Waals surface area contributed by atoms with Crippen molar-refractivity contribution in [2.45, 2.75) is 6.54 Å². The van der Waals surface area contributed by atoms with Gasteiger partial charge in [-0.1, -0.05) is 24.3 Å². The van der Waals surface area contributed by atoms with Gasteiger partial charge in [0.15, 0.2) is 0 Å². The third kappa shape index (κ3) is 4.43. The minimum Gasteiger partial charge on any atom is -0.497 e. The monoisotopic (exact) mass is 462 g/mol. The number of nitrogens with zero attached hydrogens (tertiary/aromatic N) is 1. The Morgan fingerprint density at radius 1 is 0.794 bits per heavy atom. The van der Waals surface area contributed by atoms with Crippen LogP contribution >= 0.6 is 0 Å². The first kappa shape index (κ1) is 22.8. The highest BCUT2D eigenvalue weighted by Crippen LogP contribution is 2.35. The zero-order chi connectivity index (χ0) is 24.2. The van der Waals surface area contributed by atoms with Crippen molar-refractivity contribution >= 4 is 23.1 Å². The van der Waals surface area contributed by atoms with Gasteiger partial charge in [0, 0.05) is 6.07 Å². The van der Waals surface area contributed by atoms with Crippen LogP contribution in [0.1, 0.15) is 11.1 Å². The van der Waals surface area contributed by atoms with E-state index in [1.165, 1.54) is 38.5 Å². The molecule has 0 saturated heterocycles. The Balaban J connectivity index is 1.75. The Kier molecular flexibility index (Phi) is 6.49. The van der Waals surface area contributed by atoms with E-state index in [4.69, 9.17) is 14.2 Å². The fourth-order valence-corrected chi connectivity index (χ4v) is 3.68. The van der Waals surface area contributed by atoms with Gasteiger partial charge < -0.3 is 19.5 Å². The summed E-state index contributed by atoms with van der Waals surface area (Å²) in [4.78, 5) is 28.1. The lowest BCUT2D eigenvalue weighted by Gasteiger charge is -2.16. The van der Waals surface area contributed by atoms with Crippen molar-refractivity contribution in [3.8, 4) is 17.2 Å². The molecule has 0 spiro atoms. The highest BCUT2D eigenvalue weighted by Gasteiger charge is 2.39. The molecule has 1 aliphatic heterocycles. The van der Waals surface area contributed by atoms with Crippen molar-refractivity contribution in [1.82, 2.24) is 4.90 Å². The van der Waals surface area contributed by atoms with Crippen LogP contribution in [0.5, 0.6) is 17.2 Å². The maximum Gasteiger partial charge on any atom is 0.278 e. The van der Waals surface area contributed by atoms with Gasteiger partial charge in [0.1, 0.15) is 28.8 Å². The normalized spacial score (nSPS) is 13.4. The van der Waals surface area contributed by atoms with Crippen LogP contribution in [0.4, 0.5) is 10.1 Å². The number of hydrogen-bond donors (Lipinski definition) is 1. The molecule has 1 aliphatic rings. The number of ether oxygens (including phenoxy) is 3. The fraction of sp³-hybridized carbons (Fsp3) is 0.154. The van der Waals surface area contributed by atoms with Gasteiger partial charge in [0.05, 0.1) is 39.1 Å². The summed E-state index contributed by atoms with van der Waals surface area (Å²) in [6.07, 6.45) is 0. The summed E-state index contributed by atoms with van der Waals surface area (Å²) in [6.45, 7) is 0.0623. The maximum atomic E-state index is 13.6. The molecule has 7 nitrogen and oxygen atoms in total. The van der Waals surface area contributed by atoms with Crippen molar-refractivity contribution in [3.05, 3.63) is 89.4 Å². The molecule has 0 radical (unpaired) electrons. The van der Waals surface area contributed by atoms with Gasteiger partial charge in [0.25, 0.3) is 11.8 Å². The molecule has 0 aromatic heterocycles. The highest BCUT2D eigenvalue weighted by molar-refractivity contribution is 6.36. The van der Waals surface area contributed by atoms with Crippen LogP contribution in [-0.2, 0) is 16.1 Å². The summed E-state index contributed by atoms with van der Waals surface area (Å²) in [6, 6.07) is 17.6. The van der Waals surface area contributed by atoms with Crippen LogP contribution in [0.15, 0.2) is 72.4 Å². The molecule has 3 aromatic carbocycles. The van der Waals surface area contributed by atoms with Gasteiger partial charge >= 0.3 is 0 Å². The molecule has 0 aliphatic carbocycles. The van der Waals surface area contributed by atoms with Gasteiger partial charge in [-0.3, -0.25) is 14.5 Å². The Morgan fingerprint density at radius 3 is 2.06 bits per heavy atom. The first-order chi connectivity index (χ1) is 16.4. The number of halogens is 1. The summed E-state index contributed by atoms with van der Waals surface area (Å²) >= 11 is 0. The van der Waals surface area contributed by atoms with Crippen molar-refractivity contribution in [2.24, 2.45) is 0 Å². The van der Waals surface area contributed by atoms with Crippen molar-refractivity contribution in [3.63, 3.8) is 0 Å². The molecular weight excluding hydrogens is 439 g/mol. The van der Waals surface area contributed by atoms with E-state index in [1.807, 2.05) is 0 Å². The van der Waals surface area contributed by atoms with E-state index >= 15 is 0 Å². The van der Waals surface area contributed by atoms with Crippen molar-refractivity contribution < 1.29 is 28.2 Å². The second-order valence-electron chi connectivity index (χ2n) is 7.49. The quantitative estimate of drug-likeness (QED) is 0.505. The SMILES string of the molecule is COc1ccc(CN2C(=O)C(Nc3cc(OC)ccc3OC)=C(c3ccc(F)cc3)C2=O)cc1. The Hall–Kier alpha value is -4.33. The second kappa shape index (κ2) is 9.66. The predicted octanol–water partition coefficient (Wildman–Crippen LogP) is 4.24. The Bertz CT molecular complexity index is 1250. The lowest BCUT2D eigenvalue weighted by Crippen LogP contribution is -2.32. The smallest absolute Gasteiger partial charge is 0.278 e. The minimum absolute atomic E-state index is 0.0623. The summed E-state index contributed by atoms with van der Waals surface area (Å²) in [5, 5.41) is 3.06.